The molecule has 0 aromatic heterocycles. The highest BCUT2D eigenvalue weighted by atomic mass is 19.4. The van der Waals surface area contributed by atoms with Crippen molar-refractivity contribution in [2.75, 3.05) is 0 Å². The Hall–Kier alpha value is -2.43. The quantitative estimate of drug-likeness (QED) is 0.903. The number of alkyl carbamates (subject to hydrolysis) is 1. The molecule has 1 aromatic carbocycles. The summed E-state index contributed by atoms with van der Waals surface area (Å²) < 4.78 is 45.7. The minimum absolute atomic E-state index is 0.130. The molecule has 23 heavy (non-hydrogen) atoms. The van der Waals surface area contributed by atoms with Gasteiger partial charge in [-0.25, -0.2) is 4.79 Å². The topological polar surface area (TPSA) is 71.3 Å². The first-order valence-corrected chi connectivity index (χ1v) is 6.72. The third-order valence-corrected chi connectivity index (χ3v) is 2.48. The van der Waals surface area contributed by atoms with Crippen LogP contribution in [0.25, 0.3) is 0 Å². The second-order valence-electron chi connectivity index (χ2n) is 5.68. The van der Waals surface area contributed by atoms with Crippen LogP contribution in [0.15, 0.2) is 24.3 Å². The van der Waals surface area contributed by atoms with Gasteiger partial charge in [-0.05, 0) is 38.5 Å². The number of hydrogen-bond donors (Lipinski definition) is 1. The van der Waals surface area contributed by atoms with Gasteiger partial charge < -0.3 is 14.8 Å². The van der Waals surface area contributed by atoms with E-state index in [0.29, 0.717) is 5.56 Å². The fourth-order valence-corrected chi connectivity index (χ4v) is 1.72. The van der Waals surface area contributed by atoms with Crippen molar-refractivity contribution in [1.82, 2.24) is 5.32 Å². The first-order chi connectivity index (χ1) is 10.5. The predicted molar refractivity (Wildman–Crippen MR) is 75.5 cm³/mol. The number of nitriles is 1. The zero-order valence-electron chi connectivity index (χ0n) is 12.9. The standard InChI is InChI=1S/C15H17F3N2O3/c1-14(2,3)23-13(21)20-12(7-8-19)10-5-4-6-11(9-10)22-15(16,17)18/h4-6,9,12H,7H2,1-3H3,(H,20,21)/t12-/m0/s1. The molecule has 1 rings (SSSR count). The fraction of sp³-hybridized carbons (Fsp3) is 0.467. The van der Waals surface area contributed by atoms with E-state index in [2.05, 4.69) is 10.1 Å². The third-order valence-electron chi connectivity index (χ3n) is 2.48. The molecule has 5 nitrogen and oxygen atoms in total. The Kier molecular flexibility index (Phi) is 5.85. The second-order valence-corrected chi connectivity index (χ2v) is 5.68. The lowest BCUT2D eigenvalue weighted by atomic mass is 10.0. The Balaban J connectivity index is 2.91. The van der Waals surface area contributed by atoms with Gasteiger partial charge in [0, 0.05) is 0 Å². The Bertz CT molecular complexity index is 589. The zero-order chi connectivity index (χ0) is 17.7. The number of benzene rings is 1. The van der Waals surface area contributed by atoms with Crippen molar-refractivity contribution in [3.63, 3.8) is 0 Å². The van der Waals surface area contributed by atoms with E-state index < -0.39 is 29.8 Å². The Morgan fingerprint density at radius 1 is 1.35 bits per heavy atom. The van der Waals surface area contributed by atoms with Crippen LogP contribution in [0.4, 0.5) is 18.0 Å². The zero-order valence-corrected chi connectivity index (χ0v) is 12.9. The van der Waals surface area contributed by atoms with Crippen molar-refractivity contribution in [2.24, 2.45) is 0 Å². The lowest BCUT2D eigenvalue weighted by Crippen LogP contribution is -2.35. The van der Waals surface area contributed by atoms with Gasteiger partial charge in [0.1, 0.15) is 11.4 Å². The summed E-state index contributed by atoms with van der Waals surface area (Å²) in [6.07, 6.45) is -5.71. The smallest absolute Gasteiger partial charge is 0.444 e. The molecule has 0 aliphatic rings. The summed E-state index contributed by atoms with van der Waals surface area (Å²) in [6, 6.07) is 6.14. The molecule has 0 unspecified atom stereocenters. The lowest BCUT2D eigenvalue weighted by molar-refractivity contribution is -0.274. The highest BCUT2D eigenvalue weighted by Gasteiger charge is 2.31. The molecule has 0 heterocycles. The Labute approximate surface area is 132 Å². The van der Waals surface area contributed by atoms with Crippen LogP contribution >= 0.6 is 0 Å². The van der Waals surface area contributed by atoms with Gasteiger partial charge in [-0.2, -0.15) is 5.26 Å². The number of hydrogen-bond acceptors (Lipinski definition) is 4. The molecule has 1 atom stereocenters. The fourth-order valence-electron chi connectivity index (χ4n) is 1.72. The number of nitrogens with zero attached hydrogens (tertiary/aromatic N) is 1. The van der Waals surface area contributed by atoms with E-state index in [9.17, 15) is 18.0 Å². The first-order valence-electron chi connectivity index (χ1n) is 6.72. The molecule has 1 amide bonds. The van der Waals surface area contributed by atoms with Gasteiger partial charge in [0.2, 0.25) is 0 Å². The number of carbonyl (C=O) groups excluding carboxylic acids is 1. The summed E-state index contributed by atoms with van der Waals surface area (Å²) in [7, 11) is 0. The van der Waals surface area contributed by atoms with Crippen LogP contribution in [-0.4, -0.2) is 18.1 Å². The van der Waals surface area contributed by atoms with Gasteiger partial charge in [-0.1, -0.05) is 12.1 Å². The first kappa shape index (κ1) is 18.6. The van der Waals surface area contributed by atoms with E-state index in [0.717, 1.165) is 12.1 Å². The van der Waals surface area contributed by atoms with E-state index in [1.165, 1.54) is 12.1 Å². The highest BCUT2D eigenvalue weighted by molar-refractivity contribution is 5.68. The van der Waals surface area contributed by atoms with Gasteiger partial charge in [-0.15, -0.1) is 13.2 Å². The number of rotatable bonds is 4. The molecule has 1 aromatic rings. The normalized spacial score (nSPS) is 12.9. The Morgan fingerprint density at radius 3 is 2.52 bits per heavy atom. The van der Waals surface area contributed by atoms with E-state index in [1.807, 2.05) is 6.07 Å². The molecule has 1 N–H and O–H groups in total. The summed E-state index contributed by atoms with van der Waals surface area (Å²) >= 11 is 0. The predicted octanol–water partition coefficient (Wildman–Crippen LogP) is 4.06. The van der Waals surface area contributed by atoms with Crippen LogP contribution in [0.3, 0.4) is 0 Å². The van der Waals surface area contributed by atoms with Crippen molar-refractivity contribution in [2.45, 2.75) is 45.2 Å². The average Bonchev–Trinajstić information content (AvgIpc) is 2.34. The number of nitrogens with one attached hydrogen (secondary N) is 1. The van der Waals surface area contributed by atoms with Crippen molar-refractivity contribution in [1.29, 1.82) is 5.26 Å². The molecular formula is C15H17F3N2O3. The molecule has 0 spiro atoms. The Morgan fingerprint density at radius 2 is 2.00 bits per heavy atom. The van der Waals surface area contributed by atoms with Crippen molar-refractivity contribution < 1.29 is 27.4 Å². The number of halogens is 3. The van der Waals surface area contributed by atoms with Gasteiger partial charge in [-0.3, -0.25) is 0 Å². The SMILES string of the molecule is CC(C)(C)OC(=O)N[C@@H](CC#N)c1cccc(OC(F)(F)F)c1. The third kappa shape index (κ3) is 7.40. The molecule has 8 heteroatoms. The minimum Gasteiger partial charge on any atom is -0.444 e. The van der Waals surface area contributed by atoms with Crippen LogP contribution in [0.1, 0.15) is 38.8 Å². The number of alkyl halides is 3. The summed E-state index contributed by atoms with van der Waals surface area (Å²) in [4.78, 5) is 11.8. The van der Waals surface area contributed by atoms with Crippen LogP contribution in [0.2, 0.25) is 0 Å². The molecule has 0 aliphatic heterocycles. The molecule has 0 aliphatic carbocycles. The summed E-state index contributed by atoms with van der Waals surface area (Å²) in [5.74, 6) is -0.427. The van der Waals surface area contributed by atoms with Gasteiger partial charge in [0.25, 0.3) is 0 Å². The second kappa shape index (κ2) is 7.22. The van der Waals surface area contributed by atoms with Crippen LogP contribution in [-0.2, 0) is 4.74 Å². The summed E-state index contributed by atoms with van der Waals surface area (Å²) in [5.41, 5.74) is -0.429. The molecule has 0 fully saturated rings. The molecular weight excluding hydrogens is 313 g/mol. The van der Waals surface area contributed by atoms with E-state index in [1.54, 1.807) is 20.8 Å². The molecule has 0 radical (unpaired) electrons. The summed E-state index contributed by atoms with van der Waals surface area (Å²) in [5, 5.41) is 11.3. The largest absolute Gasteiger partial charge is 0.573 e. The number of carbonyl (C=O) groups is 1. The van der Waals surface area contributed by atoms with Gasteiger partial charge >= 0.3 is 12.5 Å². The highest BCUT2D eigenvalue weighted by Crippen LogP contribution is 2.26. The molecule has 126 valence electrons. The summed E-state index contributed by atoms with van der Waals surface area (Å²) in [6.45, 7) is 5.01. The van der Waals surface area contributed by atoms with Gasteiger partial charge in [0.15, 0.2) is 0 Å². The van der Waals surface area contributed by atoms with E-state index in [4.69, 9.17) is 10.00 Å². The van der Waals surface area contributed by atoms with E-state index in [-0.39, 0.29) is 6.42 Å². The van der Waals surface area contributed by atoms with Crippen molar-refractivity contribution >= 4 is 6.09 Å². The number of amides is 1. The van der Waals surface area contributed by atoms with Crippen LogP contribution in [0.5, 0.6) is 5.75 Å². The average molecular weight is 330 g/mol. The molecule has 0 saturated heterocycles. The van der Waals surface area contributed by atoms with Gasteiger partial charge in [0.05, 0.1) is 18.5 Å². The maximum absolute atomic E-state index is 12.3. The van der Waals surface area contributed by atoms with Crippen molar-refractivity contribution in [3.05, 3.63) is 29.8 Å². The van der Waals surface area contributed by atoms with Crippen molar-refractivity contribution in [3.8, 4) is 11.8 Å². The maximum Gasteiger partial charge on any atom is 0.573 e. The van der Waals surface area contributed by atoms with Crippen LogP contribution in [0, 0.1) is 11.3 Å². The monoisotopic (exact) mass is 330 g/mol. The maximum atomic E-state index is 12.3. The minimum atomic E-state index is -4.82. The molecule has 0 saturated carbocycles. The van der Waals surface area contributed by atoms with E-state index >= 15 is 0 Å². The lowest BCUT2D eigenvalue weighted by Gasteiger charge is -2.23. The number of ether oxygens (including phenoxy) is 2. The van der Waals surface area contributed by atoms with Crippen LogP contribution < -0.4 is 10.1 Å². The molecule has 0 bridgehead atoms.